The molecular weight excluding hydrogens is 1110 g/mol. The van der Waals surface area contributed by atoms with E-state index in [-0.39, 0.29) is 78.1 Å². The van der Waals surface area contributed by atoms with Crippen molar-refractivity contribution in [3.05, 3.63) is 147 Å². The van der Waals surface area contributed by atoms with E-state index in [0.717, 1.165) is 12.6 Å². The van der Waals surface area contributed by atoms with Crippen LogP contribution in [0.5, 0.6) is 11.5 Å². The number of ether oxygens (including phenoxy) is 10. The second-order valence-electron chi connectivity index (χ2n) is 22.3. The van der Waals surface area contributed by atoms with Crippen LogP contribution in [0.25, 0.3) is 0 Å². The zero-order chi connectivity index (χ0) is 58.3. The van der Waals surface area contributed by atoms with Gasteiger partial charge in [-0.05, 0) is 127 Å². The number of hydrogen-bond donors (Lipinski definition) is 1. The van der Waals surface area contributed by atoms with Crippen molar-refractivity contribution in [1.29, 1.82) is 0 Å². The molecule has 6 fully saturated rings. The summed E-state index contributed by atoms with van der Waals surface area (Å²) in [6.07, 6.45) is 5.27. The van der Waals surface area contributed by atoms with Crippen LogP contribution in [0, 0.1) is 17.5 Å². The number of carbonyl (C=O) groups is 2. The maximum absolute atomic E-state index is 14.3. The van der Waals surface area contributed by atoms with Gasteiger partial charge < -0.3 is 62.5 Å². The van der Waals surface area contributed by atoms with Crippen LogP contribution in [-0.4, -0.2) is 152 Å². The summed E-state index contributed by atoms with van der Waals surface area (Å²) in [5, 5.41) is 3.48. The lowest BCUT2D eigenvalue weighted by molar-refractivity contribution is -0.0502. The molecule has 18 nitrogen and oxygen atoms in total. The number of benzene rings is 2. The van der Waals surface area contributed by atoms with Gasteiger partial charge in [0, 0.05) is 62.2 Å². The Morgan fingerprint density at radius 1 is 0.585 bits per heavy atom. The van der Waals surface area contributed by atoms with E-state index < -0.39 is 40.6 Å². The van der Waals surface area contributed by atoms with Crippen molar-refractivity contribution >= 4 is 35.0 Å². The number of pyridine rings is 3. The highest BCUT2D eigenvalue weighted by Gasteiger charge is 2.55. The van der Waals surface area contributed by atoms with Gasteiger partial charge in [0.15, 0.2) is 0 Å². The first kappa shape index (κ1) is 61.0. The molecule has 0 spiro atoms. The minimum Gasteiger partial charge on any atom is -0.490 e. The summed E-state index contributed by atoms with van der Waals surface area (Å²) in [5.74, 6) is -0.656. The molecule has 2 amide bonds. The topological polar surface area (TPSA) is 184 Å². The summed E-state index contributed by atoms with van der Waals surface area (Å²) < 4.78 is 99.3. The summed E-state index contributed by atoms with van der Waals surface area (Å²) in [4.78, 5) is 42.4. The molecule has 6 aliphatic heterocycles. The second-order valence-corrected chi connectivity index (χ2v) is 23.1. The molecule has 0 radical (unpaired) electrons. The normalized spacial score (nSPS) is 24.9. The number of piperidine rings is 3. The van der Waals surface area contributed by atoms with Gasteiger partial charge in [-0.3, -0.25) is 24.5 Å². The molecule has 1 N–H and O–H groups in total. The van der Waals surface area contributed by atoms with Crippen LogP contribution < -0.4 is 14.8 Å². The van der Waals surface area contributed by atoms with Crippen LogP contribution in [-0.2, 0) is 54.7 Å². The predicted octanol–water partition coefficient (Wildman–Crippen LogP) is 9.15. The molecule has 0 bridgehead atoms. The molecule has 6 aliphatic rings. The maximum Gasteiger partial charge on any atom is 0.254 e. The summed E-state index contributed by atoms with van der Waals surface area (Å²) in [6.45, 7) is 16.8. The molecule has 0 unspecified atom stereocenters. The zero-order valence-electron chi connectivity index (χ0n) is 46.7. The van der Waals surface area contributed by atoms with Gasteiger partial charge >= 0.3 is 0 Å². The number of fused-ring (bicyclic) bond motifs is 3. The Morgan fingerprint density at radius 3 is 1.56 bits per heavy atom. The molecule has 3 aromatic heterocycles. The first-order valence-electron chi connectivity index (χ1n) is 27.2. The van der Waals surface area contributed by atoms with E-state index in [1.54, 1.807) is 46.5 Å². The highest BCUT2D eigenvalue weighted by Crippen LogP contribution is 2.46. The molecule has 0 saturated carbocycles. The third kappa shape index (κ3) is 13.8. The summed E-state index contributed by atoms with van der Waals surface area (Å²) in [7, 11) is 0. The zero-order valence-corrected chi connectivity index (χ0v) is 48.2. The lowest BCUT2D eigenvalue weighted by Crippen LogP contribution is -2.54. The van der Waals surface area contributed by atoms with Crippen molar-refractivity contribution < 1.29 is 70.1 Å². The molecule has 11 rings (SSSR count). The van der Waals surface area contributed by atoms with Gasteiger partial charge in [0.05, 0.1) is 47.6 Å². The fourth-order valence-electron chi connectivity index (χ4n) is 10.7. The van der Waals surface area contributed by atoms with Crippen molar-refractivity contribution in [3.8, 4) is 11.5 Å². The number of rotatable bonds is 13. The Kier molecular flexibility index (Phi) is 19.5. The van der Waals surface area contributed by atoms with Crippen LogP contribution in [0.2, 0.25) is 10.0 Å². The van der Waals surface area contributed by atoms with E-state index >= 15 is 0 Å². The van der Waals surface area contributed by atoms with E-state index in [0.29, 0.717) is 105 Å². The first-order chi connectivity index (χ1) is 39.2. The standard InChI is InChI=1S/C30H41ClN2O7.C18H15ClF2N2O3.C11H13FN2O2/c1-28(2,3)38-16-14-35-23-10-9-21(18-22(23)31)27(34)33-13-11-30(25(19-33)37-20-40-30)26-24(8-7-12-32-26)36-15-17-39-29(4,5)6;19-12-8-11(3-4-13(12)20)17(24)23-7-5-18(15(9-23)25-10-26-18)16-14(21)2-1-6-22-16;12-8-2-1-4-14-10(8)11-3-5-13-6-9(11)15-7-16-11/h7-10,12,18,25H,11,13-17,19-20H2,1-6H3;1-4,6,8,15H,5,7,9-10H2;1-2,4,9,13H,3,5-7H2/t25-,30+;15-,18+;9-,11+/m111/s1. The Hall–Kier alpha value is -5.56. The van der Waals surface area contributed by atoms with E-state index in [9.17, 15) is 22.8 Å². The average molecular weight is 1180 g/mol. The number of halogens is 5. The Balaban J connectivity index is 0.000000163. The number of amides is 2. The molecule has 9 heterocycles. The Labute approximate surface area is 485 Å². The van der Waals surface area contributed by atoms with Crippen molar-refractivity contribution in [1.82, 2.24) is 30.1 Å². The smallest absolute Gasteiger partial charge is 0.254 e. The monoisotopic (exact) mass is 1180 g/mol. The number of hydrogen-bond acceptors (Lipinski definition) is 16. The minimum absolute atomic E-state index is 0.00505. The number of likely N-dealkylation sites (tertiary alicyclic amines) is 2. The van der Waals surface area contributed by atoms with Gasteiger partial charge in [-0.25, -0.2) is 13.2 Å². The number of carbonyl (C=O) groups excluding carboxylic acids is 2. The third-order valence-corrected chi connectivity index (χ3v) is 15.3. The summed E-state index contributed by atoms with van der Waals surface area (Å²) in [5.41, 5.74) is -0.982. The third-order valence-electron chi connectivity index (χ3n) is 14.8. The van der Waals surface area contributed by atoms with Crippen LogP contribution in [0.15, 0.2) is 91.4 Å². The number of nitrogens with one attached hydrogen (secondary N) is 1. The molecule has 6 atom stereocenters. The lowest BCUT2D eigenvalue weighted by atomic mass is 9.84. The molecule has 6 saturated heterocycles. The molecule has 2 aromatic carbocycles. The SMILES string of the molecule is CC(C)(C)OCCOc1ccc(C(=O)N2CC[C@]3(c4ncccc4OCCOC(C)(C)C)OCO[C@@H]3C2)cc1Cl.Fc1cccnc1[C@]12CCNC[C@H]1OCO2.O=C(c1ccc(F)c(Cl)c1)N1CC[C@]2(c3ncccc3F)OCO[C@@H]2C1. The Bertz CT molecular complexity index is 3030. The number of aromatic nitrogens is 3. The predicted molar refractivity (Wildman–Crippen MR) is 294 cm³/mol. The fourth-order valence-corrected chi connectivity index (χ4v) is 11.1. The average Bonchev–Trinajstić information content (AvgIpc) is 3.38. The van der Waals surface area contributed by atoms with Gasteiger partial charge in [0.25, 0.3) is 11.8 Å². The fraction of sp³-hybridized carbons (Fsp3) is 0.508. The van der Waals surface area contributed by atoms with Crippen LogP contribution in [0.3, 0.4) is 0 Å². The summed E-state index contributed by atoms with van der Waals surface area (Å²) >= 11 is 12.2. The number of nitrogens with zero attached hydrogens (tertiary/aromatic N) is 5. The van der Waals surface area contributed by atoms with Crippen molar-refractivity contribution in [2.75, 3.05) is 86.1 Å². The molecular formula is C59H69Cl2F3N6O12. The quantitative estimate of drug-likeness (QED) is 0.110. The van der Waals surface area contributed by atoms with E-state index in [1.165, 1.54) is 36.5 Å². The van der Waals surface area contributed by atoms with Gasteiger partial charge in [0.2, 0.25) is 0 Å². The van der Waals surface area contributed by atoms with E-state index in [1.807, 2.05) is 53.7 Å². The van der Waals surface area contributed by atoms with Gasteiger partial charge in [-0.2, -0.15) is 0 Å². The summed E-state index contributed by atoms with van der Waals surface area (Å²) in [6, 6.07) is 18.5. The first-order valence-corrected chi connectivity index (χ1v) is 28.0. The van der Waals surface area contributed by atoms with Crippen LogP contribution >= 0.6 is 23.2 Å². The molecule has 5 aromatic rings. The highest BCUT2D eigenvalue weighted by molar-refractivity contribution is 6.32. The van der Waals surface area contributed by atoms with E-state index in [4.69, 9.17) is 70.6 Å². The highest BCUT2D eigenvalue weighted by atomic mass is 35.5. The largest absolute Gasteiger partial charge is 0.490 e. The Morgan fingerprint density at radius 2 is 1.05 bits per heavy atom. The van der Waals surface area contributed by atoms with Gasteiger partial charge in [-0.1, -0.05) is 23.2 Å². The van der Waals surface area contributed by atoms with Crippen LogP contribution in [0.1, 0.15) is 98.6 Å². The molecule has 82 heavy (non-hydrogen) atoms. The lowest BCUT2D eigenvalue weighted by Gasteiger charge is -2.41. The minimum atomic E-state index is -1.01. The van der Waals surface area contributed by atoms with Crippen molar-refractivity contribution in [2.45, 2.75) is 107 Å². The molecule has 0 aliphatic carbocycles. The molecule has 23 heteroatoms. The van der Waals surface area contributed by atoms with Crippen molar-refractivity contribution in [3.63, 3.8) is 0 Å². The van der Waals surface area contributed by atoms with E-state index in [2.05, 4.69) is 20.3 Å². The van der Waals surface area contributed by atoms with Crippen molar-refractivity contribution in [2.24, 2.45) is 0 Å². The van der Waals surface area contributed by atoms with Crippen LogP contribution in [0.4, 0.5) is 13.2 Å². The van der Waals surface area contributed by atoms with Gasteiger partial charge in [-0.15, -0.1) is 0 Å². The second kappa shape index (κ2) is 26.1. The van der Waals surface area contributed by atoms with Gasteiger partial charge in [0.1, 0.15) is 115 Å². The maximum atomic E-state index is 14.3. The molecule has 442 valence electrons.